The van der Waals surface area contributed by atoms with Crippen LogP contribution < -0.4 is 0 Å². The molecule has 0 radical (unpaired) electrons. The highest BCUT2D eigenvalue weighted by atomic mass is 35.5. The number of rotatable bonds is 3. The summed E-state index contributed by atoms with van der Waals surface area (Å²) in [6.45, 7) is 3.25. The molecule has 2 aromatic heterocycles. The molecule has 0 aromatic carbocycles. The molecule has 0 saturated carbocycles. The predicted molar refractivity (Wildman–Crippen MR) is 71.1 cm³/mol. The Labute approximate surface area is 109 Å². The molecule has 0 N–H and O–H groups in total. The SMILES string of the molecule is CSN1CC(Cn2cc3ccc(Cl)nc3n2)C1. The Balaban J connectivity index is 1.73. The first-order chi connectivity index (χ1) is 8.24. The van der Waals surface area contributed by atoms with Crippen LogP contribution in [0.15, 0.2) is 18.3 Å². The van der Waals surface area contributed by atoms with Crippen LogP contribution in [0.2, 0.25) is 5.15 Å². The average Bonchev–Trinajstić information content (AvgIpc) is 2.64. The second-order valence-corrected chi connectivity index (χ2v) is 5.56. The molecule has 90 valence electrons. The minimum Gasteiger partial charge on any atom is -0.270 e. The first kappa shape index (κ1) is 11.3. The molecule has 0 spiro atoms. The smallest absolute Gasteiger partial charge is 0.182 e. The molecule has 1 aliphatic heterocycles. The Morgan fingerprint density at radius 3 is 3.06 bits per heavy atom. The molecule has 3 heterocycles. The Morgan fingerprint density at radius 2 is 2.29 bits per heavy atom. The standard InChI is InChI=1S/C11H13ClN4S/c1-17-16-5-8(6-16)4-15-7-9-2-3-10(12)13-11(9)14-15/h2-3,7-8H,4-6H2,1H3. The van der Waals surface area contributed by atoms with Gasteiger partial charge in [0.2, 0.25) is 0 Å². The van der Waals surface area contributed by atoms with Crippen LogP contribution in [0.1, 0.15) is 0 Å². The molecule has 0 unspecified atom stereocenters. The Hall–Kier alpha value is -0.780. The second-order valence-electron chi connectivity index (χ2n) is 4.29. The van der Waals surface area contributed by atoms with Gasteiger partial charge in [0, 0.05) is 37.1 Å². The maximum Gasteiger partial charge on any atom is 0.182 e. The number of halogens is 1. The molecule has 2 aromatic rings. The summed E-state index contributed by atoms with van der Waals surface area (Å²) in [7, 11) is 0. The van der Waals surface area contributed by atoms with Gasteiger partial charge in [-0.15, -0.1) is 0 Å². The molecule has 1 fully saturated rings. The van der Waals surface area contributed by atoms with Gasteiger partial charge in [-0.05, 0) is 18.4 Å². The van der Waals surface area contributed by atoms with Crippen molar-refractivity contribution in [1.29, 1.82) is 0 Å². The van der Waals surface area contributed by atoms with Crippen LogP contribution in [-0.2, 0) is 6.54 Å². The van der Waals surface area contributed by atoms with Crippen LogP contribution >= 0.6 is 23.5 Å². The zero-order chi connectivity index (χ0) is 11.8. The van der Waals surface area contributed by atoms with Crippen molar-refractivity contribution in [1.82, 2.24) is 19.1 Å². The second kappa shape index (κ2) is 4.48. The van der Waals surface area contributed by atoms with Crippen LogP contribution in [0.5, 0.6) is 0 Å². The number of aromatic nitrogens is 3. The fraction of sp³-hybridized carbons (Fsp3) is 0.455. The molecule has 4 nitrogen and oxygen atoms in total. The fourth-order valence-electron chi connectivity index (χ4n) is 2.07. The van der Waals surface area contributed by atoms with E-state index in [0.717, 1.165) is 30.7 Å². The summed E-state index contributed by atoms with van der Waals surface area (Å²) in [6.07, 6.45) is 4.16. The molecule has 0 aliphatic carbocycles. The zero-order valence-electron chi connectivity index (χ0n) is 9.51. The summed E-state index contributed by atoms with van der Waals surface area (Å²) >= 11 is 7.65. The summed E-state index contributed by atoms with van der Waals surface area (Å²) in [5, 5.41) is 5.99. The number of fused-ring (bicyclic) bond motifs is 1. The minimum absolute atomic E-state index is 0.500. The van der Waals surface area contributed by atoms with Gasteiger partial charge in [0.1, 0.15) is 5.15 Å². The monoisotopic (exact) mass is 268 g/mol. The highest BCUT2D eigenvalue weighted by Crippen LogP contribution is 2.24. The third kappa shape index (κ3) is 2.27. The van der Waals surface area contributed by atoms with E-state index >= 15 is 0 Å². The van der Waals surface area contributed by atoms with E-state index in [1.807, 2.05) is 16.9 Å². The Kier molecular flexibility index (Phi) is 2.98. The van der Waals surface area contributed by atoms with E-state index in [-0.39, 0.29) is 0 Å². The number of hydrogen-bond acceptors (Lipinski definition) is 4. The summed E-state index contributed by atoms with van der Waals surface area (Å²) < 4.78 is 4.33. The molecule has 0 amide bonds. The molecule has 0 bridgehead atoms. The maximum absolute atomic E-state index is 5.84. The molecule has 3 rings (SSSR count). The van der Waals surface area contributed by atoms with E-state index in [0.29, 0.717) is 11.1 Å². The van der Waals surface area contributed by atoms with Gasteiger partial charge in [-0.1, -0.05) is 23.5 Å². The van der Waals surface area contributed by atoms with Gasteiger partial charge in [-0.25, -0.2) is 4.98 Å². The molecular formula is C11H13ClN4S. The maximum atomic E-state index is 5.84. The van der Waals surface area contributed by atoms with Crippen molar-refractivity contribution in [2.45, 2.75) is 6.54 Å². The van der Waals surface area contributed by atoms with Gasteiger partial charge in [0.15, 0.2) is 5.65 Å². The molecule has 1 aliphatic rings. The molecule has 0 atom stereocenters. The van der Waals surface area contributed by atoms with Crippen LogP contribution in [0.3, 0.4) is 0 Å². The highest BCUT2D eigenvalue weighted by Gasteiger charge is 2.26. The van der Waals surface area contributed by atoms with Crippen LogP contribution in [0, 0.1) is 5.92 Å². The molecule has 17 heavy (non-hydrogen) atoms. The van der Waals surface area contributed by atoms with E-state index in [1.54, 1.807) is 18.0 Å². The summed E-state index contributed by atoms with van der Waals surface area (Å²) in [5.41, 5.74) is 0.735. The Bertz CT molecular complexity index is 535. The normalized spacial score (nSPS) is 17.5. The first-order valence-electron chi connectivity index (χ1n) is 5.53. The molecule has 1 saturated heterocycles. The Morgan fingerprint density at radius 1 is 1.47 bits per heavy atom. The average molecular weight is 269 g/mol. The van der Waals surface area contributed by atoms with E-state index < -0.39 is 0 Å². The van der Waals surface area contributed by atoms with Crippen molar-refractivity contribution in [2.75, 3.05) is 19.3 Å². The predicted octanol–water partition coefficient (Wildman–Crippen LogP) is 2.29. The van der Waals surface area contributed by atoms with Gasteiger partial charge < -0.3 is 0 Å². The van der Waals surface area contributed by atoms with E-state index in [4.69, 9.17) is 11.6 Å². The first-order valence-corrected chi connectivity index (χ1v) is 7.09. The number of pyridine rings is 1. The van der Waals surface area contributed by atoms with Crippen molar-refractivity contribution in [3.05, 3.63) is 23.5 Å². The van der Waals surface area contributed by atoms with Crippen LogP contribution in [0.4, 0.5) is 0 Å². The summed E-state index contributed by atoms with van der Waals surface area (Å²) in [4.78, 5) is 4.20. The van der Waals surface area contributed by atoms with Crippen molar-refractivity contribution in [3.63, 3.8) is 0 Å². The third-order valence-corrected chi connectivity index (χ3v) is 4.03. The van der Waals surface area contributed by atoms with Gasteiger partial charge in [-0.3, -0.25) is 8.99 Å². The van der Waals surface area contributed by atoms with E-state index in [9.17, 15) is 0 Å². The fourth-order valence-corrected chi connectivity index (χ4v) is 2.94. The molecular weight excluding hydrogens is 256 g/mol. The lowest BCUT2D eigenvalue weighted by Crippen LogP contribution is -2.43. The van der Waals surface area contributed by atoms with Gasteiger partial charge in [0.25, 0.3) is 0 Å². The van der Waals surface area contributed by atoms with Crippen molar-refractivity contribution in [3.8, 4) is 0 Å². The lowest BCUT2D eigenvalue weighted by Gasteiger charge is -2.37. The quantitative estimate of drug-likeness (QED) is 0.632. The van der Waals surface area contributed by atoms with Crippen molar-refractivity contribution in [2.24, 2.45) is 5.92 Å². The largest absolute Gasteiger partial charge is 0.270 e. The van der Waals surface area contributed by atoms with Gasteiger partial charge in [0.05, 0.1) is 0 Å². The van der Waals surface area contributed by atoms with Crippen LogP contribution in [0.25, 0.3) is 11.0 Å². The third-order valence-electron chi connectivity index (χ3n) is 3.01. The summed E-state index contributed by atoms with van der Waals surface area (Å²) in [6, 6.07) is 3.76. The van der Waals surface area contributed by atoms with Crippen LogP contribution in [-0.4, -0.2) is 38.4 Å². The highest BCUT2D eigenvalue weighted by molar-refractivity contribution is 7.96. The van der Waals surface area contributed by atoms with E-state index in [1.165, 1.54) is 0 Å². The lowest BCUT2D eigenvalue weighted by atomic mass is 10.0. The number of hydrogen-bond donors (Lipinski definition) is 0. The van der Waals surface area contributed by atoms with Gasteiger partial charge >= 0.3 is 0 Å². The van der Waals surface area contributed by atoms with Crippen molar-refractivity contribution < 1.29 is 0 Å². The summed E-state index contributed by atoms with van der Waals surface area (Å²) in [5.74, 6) is 0.701. The van der Waals surface area contributed by atoms with Gasteiger partial charge in [-0.2, -0.15) is 5.10 Å². The molecule has 6 heteroatoms. The lowest BCUT2D eigenvalue weighted by molar-refractivity contribution is 0.191. The minimum atomic E-state index is 0.500. The van der Waals surface area contributed by atoms with E-state index in [2.05, 4.69) is 20.6 Å². The number of nitrogens with zero attached hydrogens (tertiary/aromatic N) is 4. The topological polar surface area (TPSA) is 34.0 Å². The van der Waals surface area contributed by atoms with Crippen molar-refractivity contribution >= 4 is 34.6 Å². The zero-order valence-corrected chi connectivity index (χ0v) is 11.1.